The first-order chi connectivity index (χ1) is 10.5. The van der Waals surface area contributed by atoms with Gasteiger partial charge in [0, 0.05) is 25.7 Å². The summed E-state index contributed by atoms with van der Waals surface area (Å²) in [6.45, 7) is 1.29. The molecule has 1 heterocycles. The van der Waals surface area contributed by atoms with Crippen LogP contribution in [0, 0.1) is 5.92 Å². The zero-order chi connectivity index (χ0) is 16.1. The normalized spacial score (nSPS) is 17.6. The first-order valence-electron chi connectivity index (χ1n) is 7.18. The van der Waals surface area contributed by atoms with Gasteiger partial charge in [0.25, 0.3) is 0 Å². The minimum atomic E-state index is -2.73. The number of rotatable bonds is 5. The molecule has 4 N–H and O–H groups in total. The molecule has 1 atom stereocenters. The van der Waals surface area contributed by atoms with Gasteiger partial charge in [0.2, 0.25) is 10.9 Å². The maximum Gasteiger partial charge on any atom is 0.407 e. The molecule has 1 fully saturated rings. The molecule has 7 nitrogen and oxygen atoms in total. The summed E-state index contributed by atoms with van der Waals surface area (Å²) in [5.74, 6) is 0.0761. The van der Waals surface area contributed by atoms with Crippen molar-refractivity contribution < 1.29 is 18.3 Å². The van der Waals surface area contributed by atoms with Gasteiger partial charge in [0.1, 0.15) is 0 Å². The van der Waals surface area contributed by atoms with Gasteiger partial charge in [0.05, 0.1) is 0 Å². The number of benzene rings is 1. The van der Waals surface area contributed by atoms with Crippen molar-refractivity contribution in [1.29, 1.82) is 0 Å². The van der Waals surface area contributed by atoms with Crippen LogP contribution >= 0.6 is 0 Å². The Hall–Kier alpha value is -1.64. The van der Waals surface area contributed by atoms with E-state index in [-0.39, 0.29) is 12.0 Å². The number of amides is 1. The molecule has 8 heteroatoms. The molecule has 0 spiro atoms. The molecular weight excluding hydrogens is 306 g/mol. The van der Waals surface area contributed by atoms with Crippen molar-refractivity contribution in [3.05, 3.63) is 35.4 Å². The Morgan fingerprint density at radius 1 is 1.32 bits per heavy atom. The SMILES string of the molecule is NCc1ccc(C(N[SH](=O)=O)C2CCN(C(=O)O)CC2)cc1. The van der Waals surface area contributed by atoms with Gasteiger partial charge in [0.15, 0.2) is 0 Å². The van der Waals surface area contributed by atoms with Crippen molar-refractivity contribution in [3.63, 3.8) is 0 Å². The lowest BCUT2D eigenvalue weighted by Gasteiger charge is -2.34. The molecule has 0 bridgehead atoms. The summed E-state index contributed by atoms with van der Waals surface area (Å²) in [5.41, 5.74) is 7.43. The van der Waals surface area contributed by atoms with Gasteiger partial charge in [-0.3, -0.25) is 0 Å². The first-order valence-corrected chi connectivity index (χ1v) is 8.36. The van der Waals surface area contributed by atoms with E-state index in [0.29, 0.717) is 32.5 Å². The molecule has 1 saturated heterocycles. The van der Waals surface area contributed by atoms with Crippen molar-refractivity contribution in [3.8, 4) is 0 Å². The molecule has 2 rings (SSSR count). The van der Waals surface area contributed by atoms with Crippen molar-refractivity contribution >= 4 is 17.0 Å². The largest absolute Gasteiger partial charge is 0.465 e. The summed E-state index contributed by atoms with van der Waals surface area (Å²) in [6, 6.07) is 7.19. The molecule has 1 aliphatic heterocycles. The van der Waals surface area contributed by atoms with E-state index in [1.807, 2.05) is 24.3 Å². The smallest absolute Gasteiger partial charge is 0.407 e. The Kier molecular flexibility index (Phi) is 5.76. The van der Waals surface area contributed by atoms with Gasteiger partial charge in [-0.15, -0.1) is 0 Å². The number of hydrogen-bond acceptors (Lipinski definition) is 4. The highest BCUT2D eigenvalue weighted by atomic mass is 32.2. The highest BCUT2D eigenvalue weighted by Gasteiger charge is 2.29. The van der Waals surface area contributed by atoms with Crippen LogP contribution in [0.15, 0.2) is 24.3 Å². The lowest BCUT2D eigenvalue weighted by Crippen LogP contribution is -2.41. The van der Waals surface area contributed by atoms with Crippen LogP contribution in [-0.4, -0.2) is 37.6 Å². The van der Waals surface area contributed by atoms with Crippen molar-refractivity contribution in [1.82, 2.24) is 9.62 Å². The summed E-state index contributed by atoms with van der Waals surface area (Å²) in [7, 11) is -2.73. The summed E-state index contributed by atoms with van der Waals surface area (Å²) >= 11 is 0. The monoisotopic (exact) mass is 327 g/mol. The molecule has 1 aliphatic rings. The molecule has 0 aromatic heterocycles. The van der Waals surface area contributed by atoms with Gasteiger partial charge in [-0.05, 0) is 29.9 Å². The molecule has 0 saturated carbocycles. The van der Waals surface area contributed by atoms with Crippen LogP contribution in [0.2, 0.25) is 0 Å². The van der Waals surface area contributed by atoms with Crippen LogP contribution in [-0.2, 0) is 17.4 Å². The van der Waals surface area contributed by atoms with E-state index in [0.717, 1.165) is 11.1 Å². The van der Waals surface area contributed by atoms with Gasteiger partial charge >= 0.3 is 6.09 Å². The maximum absolute atomic E-state index is 11.1. The quantitative estimate of drug-likeness (QED) is 0.594. The predicted octanol–water partition coefficient (Wildman–Crippen LogP) is 0.692. The molecule has 0 radical (unpaired) electrons. The van der Waals surface area contributed by atoms with E-state index in [1.165, 1.54) is 4.90 Å². The topological polar surface area (TPSA) is 113 Å². The van der Waals surface area contributed by atoms with E-state index < -0.39 is 17.0 Å². The lowest BCUT2D eigenvalue weighted by molar-refractivity contribution is 0.119. The molecule has 1 aromatic carbocycles. The van der Waals surface area contributed by atoms with Crippen LogP contribution < -0.4 is 10.5 Å². The second-order valence-corrected chi connectivity index (χ2v) is 6.19. The highest BCUT2D eigenvalue weighted by Crippen LogP contribution is 2.31. The molecule has 122 valence electrons. The van der Waals surface area contributed by atoms with Crippen LogP contribution in [0.4, 0.5) is 4.79 Å². The molecular formula is C14H21N3O4S. The first kappa shape index (κ1) is 16.7. The summed E-state index contributed by atoms with van der Waals surface area (Å²) in [5, 5.41) is 8.98. The Balaban J connectivity index is 2.14. The van der Waals surface area contributed by atoms with Crippen molar-refractivity contribution in [2.75, 3.05) is 13.1 Å². The number of carbonyl (C=O) groups is 1. The summed E-state index contributed by atoms with van der Waals surface area (Å²) < 4.78 is 24.8. The molecule has 1 unspecified atom stereocenters. The molecule has 22 heavy (non-hydrogen) atoms. The van der Waals surface area contributed by atoms with E-state index in [1.54, 1.807) is 0 Å². The third kappa shape index (κ3) is 4.19. The van der Waals surface area contributed by atoms with Gasteiger partial charge in [-0.2, -0.15) is 0 Å². The number of hydrogen-bond donors (Lipinski definition) is 4. The van der Waals surface area contributed by atoms with Gasteiger partial charge in [-0.1, -0.05) is 24.3 Å². The highest BCUT2D eigenvalue weighted by molar-refractivity contribution is 7.70. The fraction of sp³-hybridized carbons (Fsp3) is 0.500. The van der Waals surface area contributed by atoms with E-state index in [2.05, 4.69) is 4.72 Å². The number of likely N-dealkylation sites (tertiary alicyclic amines) is 1. The summed E-state index contributed by atoms with van der Waals surface area (Å²) in [6.07, 6.45) is 0.336. The van der Waals surface area contributed by atoms with Crippen LogP contribution in [0.5, 0.6) is 0 Å². The van der Waals surface area contributed by atoms with E-state index in [4.69, 9.17) is 10.8 Å². The fourth-order valence-corrected chi connectivity index (χ4v) is 3.44. The van der Waals surface area contributed by atoms with Crippen molar-refractivity contribution in [2.24, 2.45) is 11.7 Å². The van der Waals surface area contributed by atoms with Crippen molar-refractivity contribution in [2.45, 2.75) is 25.4 Å². The Morgan fingerprint density at radius 2 is 1.91 bits per heavy atom. The Bertz CT molecular complexity index is 572. The second-order valence-electron chi connectivity index (χ2n) is 5.42. The minimum Gasteiger partial charge on any atom is -0.465 e. The molecule has 1 amide bonds. The Morgan fingerprint density at radius 3 is 2.36 bits per heavy atom. The van der Waals surface area contributed by atoms with Gasteiger partial charge in [-0.25, -0.2) is 17.9 Å². The lowest BCUT2D eigenvalue weighted by atomic mass is 9.86. The minimum absolute atomic E-state index is 0.0761. The average molecular weight is 327 g/mol. The number of carboxylic acid groups (broad SMARTS) is 1. The van der Waals surface area contributed by atoms with Crippen LogP contribution in [0.25, 0.3) is 0 Å². The van der Waals surface area contributed by atoms with E-state index in [9.17, 15) is 13.2 Å². The number of thiol groups is 1. The number of nitrogens with one attached hydrogen (secondary N) is 1. The van der Waals surface area contributed by atoms with Crippen LogP contribution in [0.1, 0.15) is 30.0 Å². The van der Waals surface area contributed by atoms with Crippen LogP contribution in [0.3, 0.4) is 0 Å². The van der Waals surface area contributed by atoms with E-state index >= 15 is 0 Å². The maximum atomic E-state index is 11.1. The third-order valence-electron chi connectivity index (χ3n) is 4.10. The number of nitrogens with zero attached hydrogens (tertiary/aromatic N) is 1. The molecule has 1 aromatic rings. The fourth-order valence-electron chi connectivity index (χ4n) is 2.85. The van der Waals surface area contributed by atoms with Gasteiger partial charge < -0.3 is 15.7 Å². The standard InChI is InChI=1S/C14H21N3O4S/c15-9-10-1-3-11(4-2-10)13(16-22(20)21)12-5-7-17(8-6-12)14(18)19/h1-4,12-13,22H,5-9,15H2,(H,18,19)(H,16,20,21). The zero-order valence-electron chi connectivity index (χ0n) is 12.1. The number of nitrogens with two attached hydrogens (primary N) is 1. The zero-order valence-corrected chi connectivity index (χ0v) is 13.0. The average Bonchev–Trinajstić information content (AvgIpc) is 2.53. The summed E-state index contributed by atoms with van der Waals surface area (Å²) in [4.78, 5) is 12.3. The Labute approximate surface area is 131 Å². The molecule has 0 aliphatic carbocycles. The number of piperidine rings is 1. The third-order valence-corrected chi connectivity index (χ3v) is 4.59. The second kappa shape index (κ2) is 7.57. The predicted molar refractivity (Wildman–Crippen MR) is 82.8 cm³/mol.